The zero-order chi connectivity index (χ0) is 29.2. The number of likely N-dealkylation sites (tertiary alicyclic amines) is 1. The number of carbonyl (C=O) groups is 3. The normalized spacial score (nSPS) is 14.7. The van der Waals surface area contributed by atoms with Gasteiger partial charge in [0.1, 0.15) is 11.9 Å². The van der Waals surface area contributed by atoms with Gasteiger partial charge in [0.05, 0.1) is 0 Å². The molecule has 3 N–H and O–H groups in total. The second kappa shape index (κ2) is 14.7. The van der Waals surface area contributed by atoms with Crippen LogP contribution in [0.5, 0.6) is 0 Å². The predicted molar refractivity (Wildman–Crippen MR) is 160 cm³/mol. The van der Waals surface area contributed by atoms with Crippen LogP contribution in [-0.2, 0) is 16.0 Å². The van der Waals surface area contributed by atoms with Crippen molar-refractivity contribution in [3.8, 4) is 0 Å². The van der Waals surface area contributed by atoms with E-state index in [0.29, 0.717) is 50.4 Å². The van der Waals surface area contributed by atoms with Gasteiger partial charge in [-0.3, -0.25) is 14.4 Å². The molecule has 0 unspecified atom stereocenters. The molecule has 4 rings (SSSR count). The van der Waals surface area contributed by atoms with Crippen molar-refractivity contribution in [2.75, 3.05) is 32.7 Å². The monoisotopic (exact) mass is 560 g/mol. The van der Waals surface area contributed by atoms with Crippen molar-refractivity contribution in [3.05, 3.63) is 83.7 Å². The first-order valence-corrected chi connectivity index (χ1v) is 14.6. The van der Waals surface area contributed by atoms with Gasteiger partial charge in [-0.1, -0.05) is 56.3 Å². The van der Waals surface area contributed by atoms with Gasteiger partial charge >= 0.3 is 0 Å². The van der Waals surface area contributed by atoms with Crippen LogP contribution < -0.4 is 16.0 Å². The van der Waals surface area contributed by atoms with E-state index in [1.54, 1.807) is 4.90 Å². The van der Waals surface area contributed by atoms with E-state index >= 15 is 0 Å². The molecule has 8 heteroatoms. The molecule has 3 aromatic rings. The van der Waals surface area contributed by atoms with Crippen molar-refractivity contribution in [1.29, 1.82) is 0 Å². The first-order chi connectivity index (χ1) is 19.8. The maximum atomic E-state index is 13.3. The van der Waals surface area contributed by atoms with Crippen LogP contribution >= 0.6 is 0 Å². The van der Waals surface area contributed by atoms with E-state index in [0.717, 1.165) is 35.8 Å². The maximum absolute atomic E-state index is 13.3. The van der Waals surface area contributed by atoms with Gasteiger partial charge in [0.2, 0.25) is 11.8 Å². The molecule has 0 bridgehead atoms. The average Bonchev–Trinajstić information content (AvgIpc) is 2.98. The van der Waals surface area contributed by atoms with E-state index in [-0.39, 0.29) is 29.5 Å². The van der Waals surface area contributed by atoms with Crippen molar-refractivity contribution in [2.24, 2.45) is 11.8 Å². The minimum atomic E-state index is -0.703. The molecular weight excluding hydrogens is 519 g/mol. The summed E-state index contributed by atoms with van der Waals surface area (Å²) < 4.78 is 13.2. The Morgan fingerprint density at radius 2 is 1.63 bits per heavy atom. The Kier molecular flexibility index (Phi) is 10.8. The average molecular weight is 561 g/mol. The molecule has 1 aliphatic heterocycles. The predicted octanol–water partition coefficient (Wildman–Crippen LogP) is 4.31. The number of halogens is 1. The van der Waals surface area contributed by atoms with Crippen LogP contribution in [0.2, 0.25) is 0 Å². The van der Waals surface area contributed by atoms with Gasteiger partial charge < -0.3 is 20.9 Å². The first kappa shape index (κ1) is 30.2. The fourth-order valence-corrected chi connectivity index (χ4v) is 5.16. The highest BCUT2D eigenvalue weighted by Crippen LogP contribution is 2.21. The molecule has 0 aliphatic carbocycles. The number of hydrogen-bond donors (Lipinski definition) is 3. The molecule has 1 fully saturated rings. The van der Waals surface area contributed by atoms with E-state index in [1.807, 2.05) is 36.4 Å². The quantitative estimate of drug-likeness (QED) is 0.288. The third-order valence-electron chi connectivity index (χ3n) is 7.51. The lowest BCUT2D eigenvalue weighted by Crippen LogP contribution is -2.51. The topological polar surface area (TPSA) is 90.5 Å². The number of carbonyl (C=O) groups excluding carboxylic acids is 3. The number of benzene rings is 3. The number of nitrogens with zero attached hydrogens (tertiary/aromatic N) is 1. The molecule has 7 nitrogen and oxygen atoms in total. The third-order valence-corrected chi connectivity index (χ3v) is 7.51. The van der Waals surface area contributed by atoms with Crippen LogP contribution in [0.25, 0.3) is 10.8 Å². The van der Waals surface area contributed by atoms with Crippen LogP contribution in [-0.4, -0.2) is 61.4 Å². The second-order valence-electron chi connectivity index (χ2n) is 11.3. The van der Waals surface area contributed by atoms with E-state index < -0.39 is 6.04 Å². The van der Waals surface area contributed by atoms with Crippen LogP contribution in [0.3, 0.4) is 0 Å². The molecule has 0 saturated carbocycles. The van der Waals surface area contributed by atoms with Gasteiger partial charge in [-0.25, -0.2) is 4.39 Å². The van der Waals surface area contributed by atoms with Crippen molar-refractivity contribution in [1.82, 2.24) is 20.9 Å². The standard InChI is InChI=1S/C33H41FN4O3/c1-23(2)22-35-16-5-17-36-32(40)30(21-24-8-9-25-6-3-4-7-28(25)20-24)37-31(39)26-14-18-38(19-15-26)33(41)27-10-12-29(34)13-11-27/h3-4,6-13,20,23,26,30,35H,5,14-19,21-22H2,1-2H3,(H,36,40)(H,37,39)/t30-/m1/s1. The summed E-state index contributed by atoms with van der Waals surface area (Å²) in [6.45, 7) is 7.44. The molecular formula is C33H41FN4O3. The van der Waals surface area contributed by atoms with Crippen LogP contribution in [0, 0.1) is 17.7 Å². The Morgan fingerprint density at radius 3 is 2.34 bits per heavy atom. The van der Waals surface area contributed by atoms with Crippen LogP contribution in [0.15, 0.2) is 66.7 Å². The number of rotatable bonds is 12. The third kappa shape index (κ3) is 8.85. The summed E-state index contributed by atoms with van der Waals surface area (Å²) in [5.41, 5.74) is 1.41. The van der Waals surface area contributed by atoms with Crippen molar-refractivity contribution in [2.45, 2.75) is 45.6 Å². The second-order valence-corrected chi connectivity index (χ2v) is 11.3. The van der Waals surface area contributed by atoms with Crippen molar-refractivity contribution < 1.29 is 18.8 Å². The van der Waals surface area contributed by atoms with E-state index in [1.165, 1.54) is 24.3 Å². The Bertz CT molecular complexity index is 1320. The Labute approximate surface area is 241 Å². The minimum absolute atomic E-state index is 0.166. The zero-order valence-electron chi connectivity index (χ0n) is 24.0. The SMILES string of the molecule is CC(C)CNCCCNC(=O)[C@@H](Cc1ccc2ccccc2c1)NC(=O)C1CCN(C(=O)c2ccc(F)cc2)CC1. The fraction of sp³-hybridized carbons (Fsp3) is 0.424. The van der Waals surface area contributed by atoms with E-state index in [2.05, 4.69) is 35.9 Å². The molecule has 1 aliphatic rings. The lowest BCUT2D eigenvalue weighted by Gasteiger charge is -2.32. The number of nitrogens with one attached hydrogen (secondary N) is 3. The fourth-order valence-electron chi connectivity index (χ4n) is 5.16. The largest absolute Gasteiger partial charge is 0.354 e. The summed E-state index contributed by atoms with van der Waals surface area (Å²) in [6.07, 6.45) is 2.20. The molecule has 0 radical (unpaired) electrons. The van der Waals surface area contributed by atoms with Gasteiger partial charge in [0.25, 0.3) is 5.91 Å². The highest BCUT2D eigenvalue weighted by Gasteiger charge is 2.30. The van der Waals surface area contributed by atoms with E-state index in [4.69, 9.17) is 0 Å². The first-order valence-electron chi connectivity index (χ1n) is 14.6. The molecule has 218 valence electrons. The lowest BCUT2D eigenvalue weighted by molar-refractivity contribution is -0.132. The highest BCUT2D eigenvalue weighted by atomic mass is 19.1. The van der Waals surface area contributed by atoms with Crippen molar-refractivity contribution in [3.63, 3.8) is 0 Å². The molecule has 3 amide bonds. The Morgan fingerprint density at radius 1 is 0.927 bits per heavy atom. The molecule has 41 heavy (non-hydrogen) atoms. The number of fused-ring (bicyclic) bond motifs is 1. The molecule has 1 heterocycles. The lowest BCUT2D eigenvalue weighted by atomic mass is 9.94. The number of piperidine rings is 1. The molecule has 0 aromatic heterocycles. The Balaban J connectivity index is 1.35. The highest BCUT2D eigenvalue weighted by molar-refractivity contribution is 5.94. The van der Waals surface area contributed by atoms with Gasteiger partial charge in [-0.05, 0) is 78.9 Å². The maximum Gasteiger partial charge on any atom is 0.253 e. The number of hydrogen-bond acceptors (Lipinski definition) is 4. The van der Waals surface area contributed by atoms with Crippen molar-refractivity contribution >= 4 is 28.5 Å². The van der Waals surface area contributed by atoms with Gasteiger partial charge in [0.15, 0.2) is 0 Å². The smallest absolute Gasteiger partial charge is 0.253 e. The Hall–Kier alpha value is -3.78. The van der Waals surface area contributed by atoms with Gasteiger partial charge in [0, 0.05) is 37.5 Å². The van der Waals surface area contributed by atoms with Gasteiger partial charge in [-0.15, -0.1) is 0 Å². The minimum Gasteiger partial charge on any atom is -0.354 e. The van der Waals surface area contributed by atoms with Gasteiger partial charge in [-0.2, -0.15) is 0 Å². The summed E-state index contributed by atoms with van der Waals surface area (Å²) in [5.74, 6) is -0.640. The molecule has 0 spiro atoms. The summed E-state index contributed by atoms with van der Waals surface area (Å²) in [4.78, 5) is 41.1. The zero-order valence-corrected chi connectivity index (χ0v) is 24.0. The molecule has 1 atom stereocenters. The summed E-state index contributed by atoms with van der Waals surface area (Å²) in [6, 6.07) is 19.0. The summed E-state index contributed by atoms with van der Waals surface area (Å²) >= 11 is 0. The molecule has 3 aromatic carbocycles. The van der Waals surface area contributed by atoms with Crippen LogP contribution in [0.1, 0.15) is 49.0 Å². The summed E-state index contributed by atoms with van der Waals surface area (Å²) in [5, 5.41) is 11.6. The number of amides is 3. The summed E-state index contributed by atoms with van der Waals surface area (Å²) in [7, 11) is 0. The van der Waals surface area contributed by atoms with E-state index in [9.17, 15) is 18.8 Å². The molecule has 1 saturated heterocycles. The van der Waals surface area contributed by atoms with Crippen LogP contribution in [0.4, 0.5) is 4.39 Å².